The Hall–Kier alpha value is -3.22. The lowest BCUT2D eigenvalue weighted by Gasteiger charge is -2.19. The second-order valence-electron chi connectivity index (χ2n) is 6.60. The first-order valence-electron chi connectivity index (χ1n) is 7.90. The van der Waals surface area contributed by atoms with Gasteiger partial charge in [0.1, 0.15) is 17.1 Å². The fourth-order valence-corrected chi connectivity index (χ4v) is 2.21. The zero-order valence-corrected chi connectivity index (χ0v) is 14.7. The molecule has 0 unspecified atom stereocenters. The maximum Gasteiger partial charge on any atom is 0.310 e. The van der Waals surface area contributed by atoms with Gasteiger partial charge in [-0.3, -0.25) is 19.7 Å². The van der Waals surface area contributed by atoms with Crippen molar-refractivity contribution in [3.05, 3.63) is 63.7 Å². The van der Waals surface area contributed by atoms with E-state index in [9.17, 15) is 19.7 Å². The third-order valence-electron chi connectivity index (χ3n) is 3.25. The standard InChI is InChI=1S/C19H19NO6/c1-19(2,3)26-18(22)10-13-4-6-15(7-5-13)25-16-8-9-17(20(23)24)14(11-16)12-21/h4-9,11-12H,10H2,1-3H3. The van der Waals surface area contributed by atoms with Gasteiger partial charge in [0.2, 0.25) is 0 Å². The summed E-state index contributed by atoms with van der Waals surface area (Å²) in [7, 11) is 0. The number of benzene rings is 2. The number of nitro groups is 1. The smallest absolute Gasteiger partial charge is 0.310 e. The van der Waals surface area contributed by atoms with E-state index in [1.807, 2.05) is 0 Å². The minimum Gasteiger partial charge on any atom is -0.460 e. The third-order valence-corrected chi connectivity index (χ3v) is 3.25. The van der Waals surface area contributed by atoms with Crippen molar-refractivity contribution in [1.82, 2.24) is 0 Å². The van der Waals surface area contributed by atoms with E-state index in [1.165, 1.54) is 18.2 Å². The Labute approximate surface area is 150 Å². The molecule has 0 spiro atoms. The SMILES string of the molecule is CC(C)(C)OC(=O)Cc1ccc(Oc2ccc([N+](=O)[O-])c(C=O)c2)cc1. The van der Waals surface area contributed by atoms with Crippen LogP contribution in [0.25, 0.3) is 0 Å². The number of esters is 1. The van der Waals surface area contributed by atoms with Crippen molar-refractivity contribution in [3.63, 3.8) is 0 Å². The van der Waals surface area contributed by atoms with Crippen LogP contribution in [0, 0.1) is 10.1 Å². The fraction of sp³-hybridized carbons (Fsp3) is 0.263. The summed E-state index contributed by atoms with van der Waals surface area (Å²) in [6, 6.07) is 10.7. The second kappa shape index (κ2) is 7.77. The van der Waals surface area contributed by atoms with Gasteiger partial charge in [0.15, 0.2) is 6.29 Å². The number of hydrogen-bond acceptors (Lipinski definition) is 6. The van der Waals surface area contributed by atoms with Gasteiger partial charge >= 0.3 is 5.97 Å². The zero-order chi connectivity index (χ0) is 19.3. The van der Waals surface area contributed by atoms with E-state index in [4.69, 9.17) is 9.47 Å². The van der Waals surface area contributed by atoms with Crippen molar-refractivity contribution >= 4 is 17.9 Å². The molecule has 136 valence electrons. The van der Waals surface area contributed by atoms with Gasteiger partial charge in [-0.15, -0.1) is 0 Å². The average Bonchev–Trinajstić information content (AvgIpc) is 2.54. The van der Waals surface area contributed by atoms with E-state index < -0.39 is 10.5 Å². The van der Waals surface area contributed by atoms with Crippen LogP contribution in [-0.4, -0.2) is 22.8 Å². The molecule has 2 aromatic rings. The quantitative estimate of drug-likeness (QED) is 0.334. The summed E-state index contributed by atoms with van der Waals surface area (Å²) in [5.74, 6) is 0.457. The summed E-state index contributed by atoms with van der Waals surface area (Å²) in [6.45, 7) is 5.42. The monoisotopic (exact) mass is 357 g/mol. The Morgan fingerprint density at radius 1 is 1.12 bits per heavy atom. The summed E-state index contributed by atoms with van der Waals surface area (Å²) in [6.07, 6.45) is 0.555. The van der Waals surface area contributed by atoms with Crippen molar-refractivity contribution in [2.45, 2.75) is 32.8 Å². The molecule has 2 rings (SSSR count). The lowest BCUT2D eigenvalue weighted by molar-refractivity contribution is -0.385. The number of ether oxygens (including phenoxy) is 2. The maximum absolute atomic E-state index is 11.8. The third kappa shape index (κ3) is 5.41. The number of hydrogen-bond donors (Lipinski definition) is 0. The molecule has 0 heterocycles. The molecule has 0 aromatic heterocycles. The molecule has 26 heavy (non-hydrogen) atoms. The molecule has 0 aliphatic carbocycles. The molecule has 0 fully saturated rings. The molecular weight excluding hydrogens is 338 g/mol. The fourth-order valence-electron chi connectivity index (χ4n) is 2.21. The summed E-state index contributed by atoms with van der Waals surface area (Å²) >= 11 is 0. The minimum atomic E-state index is -0.626. The Kier molecular flexibility index (Phi) is 5.71. The normalized spacial score (nSPS) is 10.9. The van der Waals surface area contributed by atoms with E-state index in [1.54, 1.807) is 45.0 Å². The first kappa shape index (κ1) is 19.1. The van der Waals surface area contributed by atoms with E-state index in [2.05, 4.69) is 0 Å². The maximum atomic E-state index is 11.8. The van der Waals surface area contributed by atoms with Crippen molar-refractivity contribution in [1.29, 1.82) is 0 Å². The number of carbonyl (C=O) groups is 2. The molecule has 0 amide bonds. The average molecular weight is 357 g/mol. The molecule has 0 radical (unpaired) electrons. The Morgan fingerprint density at radius 3 is 2.27 bits per heavy atom. The van der Waals surface area contributed by atoms with Gasteiger partial charge in [0, 0.05) is 6.07 Å². The van der Waals surface area contributed by atoms with Gasteiger partial charge in [-0.25, -0.2) is 0 Å². The predicted octanol–water partition coefficient (Wildman–Crippen LogP) is 4.08. The van der Waals surface area contributed by atoms with Crippen molar-refractivity contribution in [3.8, 4) is 11.5 Å². The number of nitrogens with zero attached hydrogens (tertiary/aromatic N) is 1. The summed E-state index contributed by atoms with van der Waals surface area (Å²) < 4.78 is 10.9. The molecule has 7 heteroatoms. The van der Waals surface area contributed by atoms with Crippen molar-refractivity contribution in [2.24, 2.45) is 0 Å². The topological polar surface area (TPSA) is 95.7 Å². The van der Waals surface area contributed by atoms with Gasteiger partial charge in [0.25, 0.3) is 5.69 Å². The summed E-state index contributed by atoms with van der Waals surface area (Å²) in [5.41, 5.74) is -0.107. The molecule has 7 nitrogen and oxygen atoms in total. The van der Waals surface area contributed by atoms with E-state index in [-0.39, 0.29) is 23.6 Å². The van der Waals surface area contributed by atoms with Crippen molar-refractivity contribution in [2.75, 3.05) is 0 Å². The van der Waals surface area contributed by atoms with Crippen LogP contribution in [0.1, 0.15) is 36.7 Å². The van der Waals surface area contributed by atoms with E-state index in [0.29, 0.717) is 17.8 Å². The minimum absolute atomic E-state index is 0.0611. The second-order valence-corrected chi connectivity index (χ2v) is 6.60. The van der Waals surface area contributed by atoms with Crippen LogP contribution in [-0.2, 0) is 16.0 Å². The molecule has 0 bridgehead atoms. The molecule has 0 atom stereocenters. The summed E-state index contributed by atoms with van der Waals surface area (Å²) in [5, 5.41) is 10.8. The molecule has 0 aliphatic heterocycles. The highest BCUT2D eigenvalue weighted by molar-refractivity contribution is 5.82. The number of nitro benzene ring substituents is 1. The molecule has 2 aromatic carbocycles. The number of rotatable bonds is 6. The largest absolute Gasteiger partial charge is 0.460 e. The van der Waals surface area contributed by atoms with Crippen LogP contribution in [0.15, 0.2) is 42.5 Å². The highest BCUT2D eigenvalue weighted by Gasteiger charge is 2.17. The van der Waals surface area contributed by atoms with E-state index in [0.717, 1.165) is 5.56 Å². The van der Waals surface area contributed by atoms with Crippen LogP contribution in [0.5, 0.6) is 11.5 Å². The Morgan fingerprint density at radius 2 is 1.73 bits per heavy atom. The van der Waals surface area contributed by atoms with Gasteiger partial charge in [-0.2, -0.15) is 0 Å². The van der Waals surface area contributed by atoms with Crippen LogP contribution < -0.4 is 4.74 Å². The Balaban J connectivity index is 2.06. The van der Waals surface area contributed by atoms with Crippen molar-refractivity contribution < 1.29 is 24.0 Å². The predicted molar refractivity (Wildman–Crippen MR) is 94.5 cm³/mol. The highest BCUT2D eigenvalue weighted by Crippen LogP contribution is 2.27. The molecular formula is C19H19NO6. The van der Waals surface area contributed by atoms with Crippen LogP contribution in [0.2, 0.25) is 0 Å². The first-order chi connectivity index (χ1) is 12.2. The van der Waals surface area contributed by atoms with Crippen LogP contribution in [0.3, 0.4) is 0 Å². The first-order valence-corrected chi connectivity index (χ1v) is 7.90. The number of carbonyl (C=O) groups excluding carboxylic acids is 2. The zero-order valence-electron chi connectivity index (χ0n) is 14.7. The van der Waals surface area contributed by atoms with Gasteiger partial charge in [-0.05, 0) is 50.6 Å². The highest BCUT2D eigenvalue weighted by atomic mass is 16.6. The summed E-state index contributed by atoms with van der Waals surface area (Å²) in [4.78, 5) is 33.0. The van der Waals surface area contributed by atoms with Gasteiger partial charge < -0.3 is 9.47 Å². The van der Waals surface area contributed by atoms with Crippen LogP contribution in [0.4, 0.5) is 5.69 Å². The lowest BCUT2D eigenvalue weighted by Crippen LogP contribution is -2.24. The Bertz CT molecular complexity index is 821. The molecule has 0 aliphatic rings. The molecule has 0 saturated carbocycles. The molecule has 0 N–H and O–H groups in total. The van der Waals surface area contributed by atoms with Gasteiger partial charge in [0.05, 0.1) is 16.9 Å². The van der Waals surface area contributed by atoms with Crippen LogP contribution >= 0.6 is 0 Å². The number of aldehydes is 1. The lowest BCUT2D eigenvalue weighted by atomic mass is 10.1. The van der Waals surface area contributed by atoms with E-state index >= 15 is 0 Å². The van der Waals surface area contributed by atoms with Gasteiger partial charge in [-0.1, -0.05) is 12.1 Å². The molecule has 0 saturated heterocycles.